The van der Waals surface area contributed by atoms with Crippen LogP contribution in [-0.2, 0) is 33.0 Å². The number of amides is 3. The minimum absolute atomic E-state index is 0.000936. The van der Waals surface area contributed by atoms with Gasteiger partial charge in [0.2, 0.25) is 5.88 Å². The minimum Gasteiger partial charge on any atom is -0.529 e. The second-order valence-electron chi connectivity index (χ2n) is 17.1. The predicted octanol–water partition coefficient (Wildman–Crippen LogP) is 11.5. The topological polar surface area (TPSA) is 104 Å². The number of nitrogens with zero attached hydrogens (tertiary/aromatic N) is 3. The number of carbonyl (C=O) groups excluding carboxylic acids is 2. The number of hydroxylamine groups is 2. The molecule has 18 heteroatoms. The number of alkyl halides is 6. The van der Waals surface area contributed by atoms with E-state index in [9.17, 15) is 45.5 Å². The molecule has 3 aromatic carbocycles. The molecule has 0 saturated carbocycles. The van der Waals surface area contributed by atoms with Crippen LogP contribution in [0.4, 0.5) is 40.3 Å². The number of halogens is 7. The zero-order valence-electron chi connectivity index (χ0n) is 35.8. The van der Waals surface area contributed by atoms with Gasteiger partial charge in [0.1, 0.15) is 12.4 Å². The molecule has 0 unspecified atom stereocenters. The van der Waals surface area contributed by atoms with Gasteiger partial charge in [-0.1, -0.05) is 62.4 Å². The van der Waals surface area contributed by atoms with Gasteiger partial charge in [-0.25, -0.2) is 18.8 Å². The zero-order valence-corrected chi connectivity index (χ0v) is 36.8. The summed E-state index contributed by atoms with van der Waals surface area (Å²) in [6.07, 6.45) is -8.85. The highest BCUT2D eigenvalue weighted by Crippen LogP contribution is 2.47. The molecule has 0 bridgehead atoms. The third kappa shape index (κ3) is 12.4. The van der Waals surface area contributed by atoms with Crippen molar-refractivity contribution in [2.24, 2.45) is 5.41 Å². The number of ether oxygens (including phenoxy) is 1. The number of allylic oxidation sites excluding steroid dienone is 1. The van der Waals surface area contributed by atoms with Crippen molar-refractivity contribution in [3.63, 3.8) is 0 Å². The highest BCUT2D eigenvalue weighted by atomic mass is 28.4. The van der Waals surface area contributed by atoms with Gasteiger partial charge in [0, 0.05) is 20.1 Å². The monoisotopic (exact) mass is 884 g/mol. The summed E-state index contributed by atoms with van der Waals surface area (Å²) in [7, 11) is -0.0426. The maximum atomic E-state index is 14.6. The number of hydrogen-bond donors (Lipinski definition) is 2. The lowest BCUT2D eigenvalue weighted by Crippen LogP contribution is -2.52. The first-order valence-electron chi connectivity index (χ1n) is 19.6. The maximum absolute atomic E-state index is 14.6. The van der Waals surface area contributed by atoms with Gasteiger partial charge in [-0.3, -0.25) is 5.21 Å². The second kappa shape index (κ2) is 19.1. The number of rotatable bonds is 13. The summed E-state index contributed by atoms with van der Waals surface area (Å²) in [5.41, 5.74) is -2.59. The Kier molecular flexibility index (Phi) is 15.3. The third-order valence-corrected chi connectivity index (χ3v) is 16.1. The first-order valence-corrected chi connectivity index (χ1v) is 22.5. The van der Waals surface area contributed by atoms with E-state index < -0.39 is 67.2 Å². The van der Waals surface area contributed by atoms with Crippen LogP contribution in [0.2, 0.25) is 18.1 Å². The molecule has 0 radical (unpaired) electrons. The van der Waals surface area contributed by atoms with Crippen molar-refractivity contribution >= 4 is 20.4 Å². The third-order valence-electron chi connectivity index (χ3n) is 11.8. The molecule has 1 saturated heterocycles. The summed E-state index contributed by atoms with van der Waals surface area (Å²) in [6, 6.07) is 11.4. The molecule has 3 atom stereocenters. The molecule has 3 amide bonds. The van der Waals surface area contributed by atoms with Crippen LogP contribution in [0.25, 0.3) is 0 Å². The smallest absolute Gasteiger partial charge is 0.416 e. The molecule has 336 valence electrons. The van der Waals surface area contributed by atoms with Crippen LogP contribution in [0.3, 0.4) is 0 Å². The highest BCUT2D eigenvalue weighted by molar-refractivity contribution is 6.74. The molecular formula is C43H55F7N4O6Si. The van der Waals surface area contributed by atoms with Crippen molar-refractivity contribution in [3.8, 4) is 0 Å². The van der Waals surface area contributed by atoms with E-state index >= 15 is 0 Å². The number of urea groups is 1. The predicted molar refractivity (Wildman–Crippen MR) is 217 cm³/mol. The molecule has 1 aliphatic heterocycles. The quantitative estimate of drug-likeness (QED) is 0.0762. The highest BCUT2D eigenvalue weighted by Gasteiger charge is 2.45. The lowest BCUT2D eigenvalue weighted by atomic mass is 9.71. The summed E-state index contributed by atoms with van der Waals surface area (Å²) in [5, 5.41) is 13.9. The van der Waals surface area contributed by atoms with E-state index in [0.29, 0.717) is 28.5 Å². The Hall–Kier alpha value is -4.81. The molecule has 0 aromatic heterocycles. The average Bonchev–Trinajstić information content (AvgIpc) is 3.18. The van der Waals surface area contributed by atoms with E-state index in [2.05, 4.69) is 5.32 Å². The van der Waals surface area contributed by atoms with E-state index in [0.717, 1.165) is 10.5 Å². The van der Waals surface area contributed by atoms with E-state index in [1.54, 1.807) is 37.3 Å². The van der Waals surface area contributed by atoms with E-state index in [1.807, 2.05) is 39.9 Å². The van der Waals surface area contributed by atoms with Crippen molar-refractivity contribution in [1.29, 1.82) is 0 Å². The molecule has 0 spiro atoms. The van der Waals surface area contributed by atoms with Crippen LogP contribution in [0.15, 0.2) is 78.7 Å². The Morgan fingerprint density at radius 1 is 1.00 bits per heavy atom. The van der Waals surface area contributed by atoms with Gasteiger partial charge in [0.25, 0.3) is 8.32 Å². The number of hydrogen-bond acceptors (Lipinski definition) is 7. The second-order valence-corrected chi connectivity index (χ2v) is 21.8. The molecule has 1 fully saturated rings. The normalized spacial score (nSPS) is 18.3. The first kappa shape index (κ1) is 48.8. The van der Waals surface area contributed by atoms with Crippen LogP contribution in [0.1, 0.15) is 92.4 Å². The Morgan fingerprint density at radius 3 is 2.15 bits per heavy atom. The van der Waals surface area contributed by atoms with Crippen LogP contribution in [0, 0.1) is 18.2 Å². The Bertz CT molecular complexity index is 1990. The van der Waals surface area contributed by atoms with Gasteiger partial charge in [-0.2, -0.15) is 26.3 Å². The van der Waals surface area contributed by atoms with Gasteiger partial charge in [-0.15, -0.1) is 0 Å². The van der Waals surface area contributed by atoms with Gasteiger partial charge in [0.05, 0.1) is 30.3 Å². The van der Waals surface area contributed by atoms with Crippen LogP contribution < -0.4 is 5.32 Å². The van der Waals surface area contributed by atoms with E-state index in [-0.39, 0.29) is 61.5 Å². The Balaban J connectivity index is 1.77. The number of alkyl carbamates (subject to hydrolysis) is 1. The largest absolute Gasteiger partial charge is 0.529 e. The number of benzene rings is 3. The fourth-order valence-electron chi connectivity index (χ4n) is 6.89. The molecule has 2 N–H and O–H groups in total. The summed E-state index contributed by atoms with van der Waals surface area (Å²) in [6.45, 7) is 12.9. The summed E-state index contributed by atoms with van der Waals surface area (Å²) in [4.78, 5) is 35.4. The van der Waals surface area contributed by atoms with Gasteiger partial charge in [0.15, 0.2) is 0 Å². The van der Waals surface area contributed by atoms with Crippen molar-refractivity contribution in [3.05, 3.63) is 118 Å². The maximum Gasteiger partial charge on any atom is 0.416 e. The number of nitrogens with one attached hydrogen (secondary N) is 1. The molecule has 1 heterocycles. The van der Waals surface area contributed by atoms with Crippen LogP contribution in [0.5, 0.6) is 0 Å². The number of carbonyl (C=O) groups is 2. The fraction of sp³-hybridized carbons (Fsp3) is 0.488. The molecule has 3 aromatic rings. The molecule has 1 aliphatic rings. The lowest BCUT2D eigenvalue weighted by Gasteiger charge is -2.48. The molecule has 10 nitrogen and oxygen atoms in total. The van der Waals surface area contributed by atoms with Gasteiger partial charge < -0.3 is 24.3 Å². The van der Waals surface area contributed by atoms with Crippen molar-refractivity contribution in [2.45, 2.75) is 103 Å². The average molecular weight is 885 g/mol. The minimum atomic E-state index is -5.10. The zero-order chi connectivity index (χ0) is 45.7. The first-order chi connectivity index (χ1) is 28.2. The van der Waals surface area contributed by atoms with Crippen molar-refractivity contribution in [1.82, 2.24) is 20.3 Å². The fourth-order valence-corrected chi connectivity index (χ4v) is 7.88. The SMILES string of the molecule is CON(O)/C(=C/C[C@]1(CNC(=O)OCc2ccccc2)CCN(C(=O)N(C)[C@@H](C)c2cc(C(F)(F)F)cc(C(F)(F)F)c2)[C@@H](c2ccc(F)cc2C)C1)O[Si](C)(C)C(C)(C)C. The molecular weight excluding hydrogens is 830 g/mol. The van der Waals surface area contributed by atoms with Crippen molar-refractivity contribution in [2.75, 3.05) is 27.2 Å². The van der Waals surface area contributed by atoms with E-state index in [4.69, 9.17) is 14.0 Å². The number of aryl methyl sites for hydroxylation is 1. The summed E-state index contributed by atoms with van der Waals surface area (Å²) >= 11 is 0. The molecule has 0 aliphatic carbocycles. The standard InChI is InChI=1S/C43H55F7N4O6Si/c1-28-21-34(44)15-16-35(28)36-25-41(27-51-38(55)59-26-30-13-11-10-12-14-30,18-17-37(54(57)58-7)60-61(8,9)40(3,4)5)19-20-53(36)39(56)52(6)29(2)31-22-32(42(45,46)47)24-33(23-31)43(48,49)50/h10-17,21-24,29,36,57H,18-20,25-27H2,1-9H3,(H,51,55)/b37-17-/t29-,36+,41-/m0/s1. The van der Waals surface area contributed by atoms with Crippen molar-refractivity contribution < 1.29 is 59.5 Å². The van der Waals surface area contributed by atoms with E-state index in [1.165, 1.54) is 44.2 Å². The summed E-state index contributed by atoms with van der Waals surface area (Å²) < 4.78 is 109. The lowest BCUT2D eigenvalue weighted by molar-refractivity contribution is -0.316. The van der Waals surface area contributed by atoms with Crippen LogP contribution >= 0.6 is 0 Å². The molecule has 61 heavy (non-hydrogen) atoms. The summed E-state index contributed by atoms with van der Waals surface area (Å²) in [5.74, 6) is -0.543. The van der Waals surface area contributed by atoms with Crippen LogP contribution in [-0.4, -0.2) is 67.9 Å². The number of likely N-dealkylation sites (tertiary alicyclic amines) is 1. The Morgan fingerprint density at radius 2 is 1.61 bits per heavy atom. The van der Waals surface area contributed by atoms with Gasteiger partial charge >= 0.3 is 24.5 Å². The number of piperidine rings is 1. The molecule has 4 rings (SSSR count). The Labute approximate surface area is 353 Å². The van der Waals surface area contributed by atoms with Gasteiger partial charge in [-0.05, 0) is 115 Å².